The van der Waals surface area contributed by atoms with E-state index in [0.717, 1.165) is 12.1 Å². The molecule has 0 aromatic carbocycles. The molecule has 0 aliphatic carbocycles. The van der Waals surface area contributed by atoms with E-state index in [1.54, 1.807) is 0 Å². The number of hydrogen-bond acceptors (Lipinski definition) is 3. The molecule has 1 N–H and O–H groups in total. The molecular formula is C11H23N3. The molecule has 0 amide bonds. The predicted octanol–water partition coefficient (Wildman–Crippen LogP) is 0.374. The molecule has 2 fully saturated rings. The van der Waals surface area contributed by atoms with Gasteiger partial charge in [-0.1, -0.05) is 6.92 Å². The summed E-state index contributed by atoms with van der Waals surface area (Å²) in [5.41, 5.74) is 0. The first-order chi connectivity index (χ1) is 6.79. The van der Waals surface area contributed by atoms with E-state index in [0.29, 0.717) is 0 Å². The van der Waals surface area contributed by atoms with Gasteiger partial charge in [0.15, 0.2) is 0 Å². The maximum atomic E-state index is 3.48. The second-order valence-electron chi connectivity index (χ2n) is 4.74. The Morgan fingerprint density at radius 2 is 2.14 bits per heavy atom. The monoisotopic (exact) mass is 197 g/mol. The maximum Gasteiger partial charge on any atom is 0.0218 e. The van der Waals surface area contributed by atoms with Crippen LogP contribution in [0.3, 0.4) is 0 Å². The molecule has 0 saturated carbocycles. The van der Waals surface area contributed by atoms with Gasteiger partial charge in [-0.05, 0) is 26.4 Å². The number of piperazine rings is 1. The molecule has 3 nitrogen and oxygen atoms in total. The highest BCUT2D eigenvalue weighted by molar-refractivity contribution is 4.85. The van der Waals surface area contributed by atoms with Gasteiger partial charge in [-0.3, -0.25) is 4.90 Å². The van der Waals surface area contributed by atoms with E-state index in [-0.39, 0.29) is 0 Å². The summed E-state index contributed by atoms with van der Waals surface area (Å²) >= 11 is 0. The molecule has 2 aliphatic rings. The quantitative estimate of drug-likeness (QED) is 0.705. The normalized spacial score (nSPS) is 35.6. The van der Waals surface area contributed by atoms with Gasteiger partial charge in [-0.25, -0.2) is 0 Å². The van der Waals surface area contributed by atoms with Crippen LogP contribution in [0.15, 0.2) is 0 Å². The van der Waals surface area contributed by atoms with E-state index in [2.05, 4.69) is 29.1 Å². The van der Waals surface area contributed by atoms with E-state index >= 15 is 0 Å². The van der Waals surface area contributed by atoms with Crippen molar-refractivity contribution in [2.24, 2.45) is 0 Å². The number of rotatable bonds is 3. The van der Waals surface area contributed by atoms with Crippen molar-refractivity contribution in [3.8, 4) is 0 Å². The molecule has 3 heteroatoms. The van der Waals surface area contributed by atoms with Gasteiger partial charge in [0, 0.05) is 38.3 Å². The lowest BCUT2D eigenvalue weighted by atomic mass is 10.0. The number of hydrogen-bond donors (Lipinski definition) is 1. The third-order valence-corrected chi connectivity index (χ3v) is 3.74. The zero-order chi connectivity index (χ0) is 9.97. The van der Waals surface area contributed by atoms with E-state index in [4.69, 9.17) is 0 Å². The van der Waals surface area contributed by atoms with Crippen molar-refractivity contribution < 1.29 is 0 Å². The molecule has 2 unspecified atom stereocenters. The second kappa shape index (κ2) is 4.60. The lowest BCUT2D eigenvalue weighted by Gasteiger charge is -2.42. The Balaban J connectivity index is 1.76. The fourth-order valence-electron chi connectivity index (χ4n) is 2.43. The molecule has 2 aliphatic heterocycles. The van der Waals surface area contributed by atoms with Gasteiger partial charge >= 0.3 is 0 Å². The van der Waals surface area contributed by atoms with Gasteiger partial charge < -0.3 is 10.2 Å². The van der Waals surface area contributed by atoms with Crippen LogP contribution in [-0.2, 0) is 0 Å². The van der Waals surface area contributed by atoms with Crippen molar-refractivity contribution in [1.29, 1.82) is 0 Å². The molecule has 0 aromatic rings. The van der Waals surface area contributed by atoms with Crippen LogP contribution >= 0.6 is 0 Å². The Morgan fingerprint density at radius 1 is 1.36 bits per heavy atom. The minimum atomic E-state index is 0.781. The van der Waals surface area contributed by atoms with Gasteiger partial charge in [-0.15, -0.1) is 0 Å². The molecule has 2 heterocycles. The van der Waals surface area contributed by atoms with E-state index in [1.807, 2.05) is 0 Å². The Labute approximate surface area is 87.4 Å². The molecule has 2 rings (SSSR count). The van der Waals surface area contributed by atoms with Crippen LogP contribution in [0.25, 0.3) is 0 Å². The minimum absolute atomic E-state index is 0.781. The topological polar surface area (TPSA) is 18.5 Å². The Hall–Kier alpha value is -0.120. The average molecular weight is 197 g/mol. The number of nitrogens with zero attached hydrogens (tertiary/aromatic N) is 2. The van der Waals surface area contributed by atoms with Crippen molar-refractivity contribution >= 4 is 0 Å². The summed E-state index contributed by atoms with van der Waals surface area (Å²) < 4.78 is 0. The SMILES string of the molecule is CCC1CN(CC2CCN2)CCN1C. The standard InChI is InChI=1S/C11H23N3/c1-3-11-9-14(7-6-13(11)2)8-10-4-5-12-10/h10-12H,3-9H2,1-2H3. The molecule has 2 atom stereocenters. The van der Waals surface area contributed by atoms with E-state index in [9.17, 15) is 0 Å². The third kappa shape index (κ3) is 2.27. The molecule has 14 heavy (non-hydrogen) atoms. The molecule has 0 aromatic heterocycles. The zero-order valence-electron chi connectivity index (χ0n) is 9.50. The largest absolute Gasteiger partial charge is 0.313 e. The smallest absolute Gasteiger partial charge is 0.0218 e. The van der Waals surface area contributed by atoms with Crippen LogP contribution in [0.5, 0.6) is 0 Å². The first-order valence-electron chi connectivity index (χ1n) is 5.95. The van der Waals surface area contributed by atoms with Crippen LogP contribution in [0, 0.1) is 0 Å². The van der Waals surface area contributed by atoms with Crippen LogP contribution in [0.2, 0.25) is 0 Å². The Kier molecular flexibility index (Phi) is 3.42. The molecule has 82 valence electrons. The lowest BCUT2D eigenvalue weighted by Crippen LogP contribution is -2.57. The highest BCUT2D eigenvalue weighted by Gasteiger charge is 2.26. The first kappa shape index (κ1) is 10.4. The van der Waals surface area contributed by atoms with Crippen LogP contribution in [0.4, 0.5) is 0 Å². The molecule has 0 bridgehead atoms. The van der Waals surface area contributed by atoms with Crippen molar-refractivity contribution in [2.45, 2.75) is 31.8 Å². The van der Waals surface area contributed by atoms with Gasteiger partial charge in [-0.2, -0.15) is 0 Å². The summed E-state index contributed by atoms with van der Waals surface area (Å²) in [4.78, 5) is 5.13. The van der Waals surface area contributed by atoms with Gasteiger partial charge in [0.2, 0.25) is 0 Å². The molecular weight excluding hydrogens is 174 g/mol. The van der Waals surface area contributed by atoms with Gasteiger partial charge in [0.05, 0.1) is 0 Å². The molecule has 2 saturated heterocycles. The predicted molar refractivity (Wildman–Crippen MR) is 59.6 cm³/mol. The van der Waals surface area contributed by atoms with Crippen LogP contribution in [-0.4, -0.2) is 61.7 Å². The highest BCUT2D eigenvalue weighted by atomic mass is 15.3. The summed E-state index contributed by atoms with van der Waals surface area (Å²) in [6.45, 7) is 8.56. The van der Waals surface area contributed by atoms with E-state index < -0.39 is 0 Å². The average Bonchev–Trinajstić information content (AvgIpc) is 2.14. The summed E-state index contributed by atoms with van der Waals surface area (Å²) in [6, 6.07) is 1.57. The fraction of sp³-hybridized carbons (Fsp3) is 1.00. The van der Waals surface area contributed by atoms with E-state index in [1.165, 1.54) is 45.6 Å². The second-order valence-corrected chi connectivity index (χ2v) is 4.74. The van der Waals surface area contributed by atoms with Crippen molar-refractivity contribution in [3.05, 3.63) is 0 Å². The van der Waals surface area contributed by atoms with Crippen molar-refractivity contribution in [2.75, 3.05) is 39.8 Å². The summed E-state index contributed by atoms with van der Waals surface area (Å²) in [5.74, 6) is 0. The molecule has 0 radical (unpaired) electrons. The Morgan fingerprint density at radius 3 is 2.71 bits per heavy atom. The summed E-state index contributed by atoms with van der Waals surface area (Å²) in [6.07, 6.45) is 2.66. The van der Waals surface area contributed by atoms with Crippen LogP contribution in [0.1, 0.15) is 19.8 Å². The number of nitrogens with one attached hydrogen (secondary N) is 1. The zero-order valence-corrected chi connectivity index (χ0v) is 9.50. The van der Waals surface area contributed by atoms with Gasteiger partial charge in [0.1, 0.15) is 0 Å². The van der Waals surface area contributed by atoms with Crippen molar-refractivity contribution in [3.63, 3.8) is 0 Å². The summed E-state index contributed by atoms with van der Waals surface area (Å²) in [5, 5.41) is 3.48. The van der Waals surface area contributed by atoms with Crippen molar-refractivity contribution in [1.82, 2.24) is 15.1 Å². The Bertz CT molecular complexity index is 179. The third-order valence-electron chi connectivity index (χ3n) is 3.74. The summed E-state index contributed by atoms with van der Waals surface area (Å²) in [7, 11) is 2.26. The number of likely N-dealkylation sites (N-methyl/N-ethyl adjacent to an activating group) is 1. The lowest BCUT2D eigenvalue weighted by molar-refractivity contribution is 0.0790. The fourth-order valence-corrected chi connectivity index (χ4v) is 2.43. The maximum absolute atomic E-state index is 3.48. The molecule has 0 spiro atoms. The highest BCUT2D eigenvalue weighted by Crippen LogP contribution is 2.13. The minimum Gasteiger partial charge on any atom is -0.313 e. The first-order valence-corrected chi connectivity index (χ1v) is 5.95. The van der Waals surface area contributed by atoms with Gasteiger partial charge in [0.25, 0.3) is 0 Å². The van der Waals surface area contributed by atoms with Crippen LogP contribution < -0.4 is 5.32 Å².